The van der Waals surface area contributed by atoms with E-state index in [9.17, 15) is 8.42 Å². The zero-order valence-corrected chi connectivity index (χ0v) is 9.81. The summed E-state index contributed by atoms with van der Waals surface area (Å²) in [6.07, 6.45) is 3.56. The van der Waals surface area contributed by atoms with E-state index >= 15 is 0 Å². The third kappa shape index (κ3) is 6.34. The van der Waals surface area contributed by atoms with E-state index in [1.54, 1.807) is 13.8 Å². The summed E-state index contributed by atoms with van der Waals surface area (Å²) in [7, 11) is -3.09. The molecule has 14 heavy (non-hydrogen) atoms. The van der Waals surface area contributed by atoms with Crippen molar-refractivity contribution in [2.24, 2.45) is 0 Å². The first-order valence-corrected chi connectivity index (χ1v) is 6.64. The van der Waals surface area contributed by atoms with Crippen LogP contribution in [0, 0.1) is 0 Å². The normalized spacial score (nSPS) is 12.3. The van der Waals surface area contributed by atoms with Crippen molar-refractivity contribution in [3.05, 3.63) is 0 Å². The second-order valence-electron chi connectivity index (χ2n) is 3.63. The van der Waals surface area contributed by atoms with Crippen molar-refractivity contribution >= 4 is 10.0 Å². The van der Waals surface area contributed by atoms with Crippen LogP contribution in [0.25, 0.3) is 0 Å². The molecule has 86 valence electrons. The van der Waals surface area contributed by atoms with Gasteiger partial charge >= 0.3 is 0 Å². The molecule has 0 aliphatic heterocycles. The number of unbranched alkanes of at least 4 members (excludes halogenated alkanes) is 3. The van der Waals surface area contributed by atoms with E-state index < -0.39 is 10.0 Å². The molecule has 0 heterocycles. The van der Waals surface area contributed by atoms with E-state index in [1.807, 2.05) is 0 Å². The van der Waals surface area contributed by atoms with Crippen molar-refractivity contribution in [3.63, 3.8) is 0 Å². The standard InChI is InChI=1S/C9H21NO3S/c1-9(2)14(12,13)10-7-5-3-4-6-8-11/h9-11H,3-8H2,1-2H3. The number of hydrogen-bond acceptors (Lipinski definition) is 3. The summed E-state index contributed by atoms with van der Waals surface area (Å²) in [6.45, 7) is 4.05. The molecule has 0 atom stereocenters. The Labute approximate surface area is 86.8 Å². The van der Waals surface area contributed by atoms with Crippen LogP contribution in [0.1, 0.15) is 39.5 Å². The van der Waals surface area contributed by atoms with Gasteiger partial charge in [-0.2, -0.15) is 0 Å². The van der Waals surface area contributed by atoms with Gasteiger partial charge in [0, 0.05) is 13.2 Å². The predicted octanol–water partition coefficient (Wildman–Crippen LogP) is 0.867. The highest BCUT2D eigenvalue weighted by molar-refractivity contribution is 7.90. The fourth-order valence-corrected chi connectivity index (χ4v) is 1.73. The highest BCUT2D eigenvalue weighted by Gasteiger charge is 2.13. The molecule has 0 bridgehead atoms. The van der Waals surface area contributed by atoms with Gasteiger partial charge in [0.25, 0.3) is 0 Å². The largest absolute Gasteiger partial charge is 0.396 e. The summed E-state index contributed by atoms with van der Waals surface area (Å²) in [4.78, 5) is 0. The van der Waals surface area contributed by atoms with Crippen molar-refractivity contribution < 1.29 is 13.5 Å². The average molecular weight is 223 g/mol. The van der Waals surface area contributed by atoms with Crippen LogP contribution in [0.3, 0.4) is 0 Å². The van der Waals surface area contributed by atoms with Crippen molar-refractivity contribution in [1.29, 1.82) is 0 Å². The Kier molecular flexibility index (Phi) is 7.13. The van der Waals surface area contributed by atoms with Crippen LogP contribution in [0.5, 0.6) is 0 Å². The molecule has 5 heteroatoms. The monoisotopic (exact) mass is 223 g/mol. The van der Waals surface area contributed by atoms with E-state index in [-0.39, 0.29) is 11.9 Å². The summed E-state index contributed by atoms with van der Waals surface area (Å²) in [6, 6.07) is 0. The van der Waals surface area contributed by atoms with E-state index in [2.05, 4.69) is 4.72 Å². The summed E-state index contributed by atoms with van der Waals surface area (Å²) in [5.41, 5.74) is 0. The third-order valence-electron chi connectivity index (χ3n) is 2.01. The first-order chi connectivity index (χ1) is 6.50. The molecule has 0 amide bonds. The van der Waals surface area contributed by atoms with Crippen LogP contribution in [-0.4, -0.2) is 31.9 Å². The lowest BCUT2D eigenvalue weighted by molar-refractivity contribution is 0.282. The SMILES string of the molecule is CC(C)S(=O)(=O)NCCCCCCO. The Hall–Kier alpha value is -0.130. The molecule has 0 unspecified atom stereocenters. The quantitative estimate of drug-likeness (QED) is 0.600. The number of sulfonamides is 1. The minimum Gasteiger partial charge on any atom is -0.396 e. The van der Waals surface area contributed by atoms with E-state index in [0.29, 0.717) is 6.54 Å². The molecule has 0 spiro atoms. The molecule has 0 saturated carbocycles. The van der Waals surface area contributed by atoms with E-state index in [4.69, 9.17) is 5.11 Å². The average Bonchev–Trinajstić information content (AvgIpc) is 2.10. The third-order valence-corrected chi connectivity index (χ3v) is 3.86. The maximum atomic E-state index is 11.3. The zero-order valence-electron chi connectivity index (χ0n) is 8.99. The zero-order chi connectivity index (χ0) is 11.0. The van der Waals surface area contributed by atoms with Gasteiger partial charge in [0.2, 0.25) is 10.0 Å². The second-order valence-corrected chi connectivity index (χ2v) is 5.95. The fraction of sp³-hybridized carbons (Fsp3) is 1.00. The van der Waals surface area contributed by atoms with Gasteiger partial charge in [-0.1, -0.05) is 12.8 Å². The molecular weight excluding hydrogens is 202 g/mol. The van der Waals surface area contributed by atoms with Crippen LogP contribution in [0.4, 0.5) is 0 Å². The van der Waals surface area contributed by atoms with Crippen LogP contribution in [0.2, 0.25) is 0 Å². The van der Waals surface area contributed by atoms with Crippen LogP contribution >= 0.6 is 0 Å². The Morgan fingerprint density at radius 2 is 1.71 bits per heavy atom. The maximum Gasteiger partial charge on any atom is 0.213 e. The molecule has 0 aliphatic rings. The molecule has 0 aliphatic carbocycles. The number of hydrogen-bond donors (Lipinski definition) is 2. The minimum atomic E-state index is -3.09. The Morgan fingerprint density at radius 3 is 2.21 bits per heavy atom. The molecule has 0 aromatic heterocycles. The maximum absolute atomic E-state index is 11.3. The lowest BCUT2D eigenvalue weighted by Gasteiger charge is -2.08. The molecule has 0 aromatic carbocycles. The summed E-state index contributed by atoms with van der Waals surface area (Å²) < 4.78 is 25.1. The van der Waals surface area contributed by atoms with Crippen LogP contribution in [-0.2, 0) is 10.0 Å². The van der Waals surface area contributed by atoms with Gasteiger partial charge in [0.15, 0.2) is 0 Å². The lowest BCUT2D eigenvalue weighted by Crippen LogP contribution is -2.31. The molecule has 0 radical (unpaired) electrons. The number of rotatable bonds is 8. The van der Waals surface area contributed by atoms with Gasteiger partial charge in [-0.3, -0.25) is 0 Å². The molecule has 2 N–H and O–H groups in total. The Balaban J connectivity index is 3.46. The van der Waals surface area contributed by atoms with Crippen LogP contribution < -0.4 is 4.72 Å². The molecular formula is C9H21NO3S. The summed E-state index contributed by atoms with van der Waals surface area (Å²) in [5, 5.41) is 8.15. The number of aliphatic hydroxyl groups is 1. The smallest absolute Gasteiger partial charge is 0.213 e. The summed E-state index contributed by atoms with van der Waals surface area (Å²) in [5.74, 6) is 0. The minimum absolute atomic E-state index is 0.220. The Bertz CT molecular complexity index is 224. The number of aliphatic hydroxyl groups excluding tert-OH is 1. The van der Waals surface area contributed by atoms with Crippen molar-refractivity contribution in [2.75, 3.05) is 13.2 Å². The van der Waals surface area contributed by atoms with Crippen molar-refractivity contribution in [1.82, 2.24) is 4.72 Å². The van der Waals surface area contributed by atoms with Gasteiger partial charge in [0.05, 0.1) is 5.25 Å². The van der Waals surface area contributed by atoms with Crippen LogP contribution in [0.15, 0.2) is 0 Å². The first-order valence-electron chi connectivity index (χ1n) is 5.10. The highest BCUT2D eigenvalue weighted by Crippen LogP contribution is 2.00. The van der Waals surface area contributed by atoms with E-state index in [1.165, 1.54) is 0 Å². The van der Waals surface area contributed by atoms with Crippen molar-refractivity contribution in [2.45, 2.75) is 44.8 Å². The summed E-state index contributed by atoms with van der Waals surface area (Å²) >= 11 is 0. The second kappa shape index (κ2) is 7.20. The molecule has 0 rings (SSSR count). The Morgan fingerprint density at radius 1 is 1.14 bits per heavy atom. The van der Waals surface area contributed by atoms with Gasteiger partial charge < -0.3 is 5.11 Å². The predicted molar refractivity (Wildman–Crippen MR) is 57.6 cm³/mol. The molecule has 4 nitrogen and oxygen atoms in total. The van der Waals surface area contributed by atoms with Gasteiger partial charge in [0.1, 0.15) is 0 Å². The molecule has 0 fully saturated rings. The topological polar surface area (TPSA) is 66.4 Å². The van der Waals surface area contributed by atoms with Gasteiger partial charge in [-0.25, -0.2) is 13.1 Å². The number of nitrogens with one attached hydrogen (secondary N) is 1. The highest BCUT2D eigenvalue weighted by atomic mass is 32.2. The molecule has 0 aromatic rings. The van der Waals surface area contributed by atoms with E-state index in [0.717, 1.165) is 25.7 Å². The fourth-order valence-electron chi connectivity index (χ4n) is 0.971. The van der Waals surface area contributed by atoms with Gasteiger partial charge in [-0.15, -0.1) is 0 Å². The lowest BCUT2D eigenvalue weighted by atomic mass is 10.2. The first kappa shape index (κ1) is 13.9. The van der Waals surface area contributed by atoms with Crippen molar-refractivity contribution in [3.8, 4) is 0 Å². The molecule has 0 saturated heterocycles. The van der Waals surface area contributed by atoms with Gasteiger partial charge in [-0.05, 0) is 26.7 Å².